The van der Waals surface area contributed by atoms with Gasteiger partial charge in [-0.3, -0.25) is 0 Å². The molecule has 0 spiro atoms. The van der Waals surface area contributed by atoms with Crippen molar-refractivity contribution in [1.29, 1.82) is 0 Å². The van der Waals surface area contributed by atoms with Crippen molar-refractivity contribution in [2.75, 3.05) is 13.2 Å². The first-order valence-corrected chi connectivity index (χ1v) is 3.77. The van der Waals surface area contributed by atoms with E-state index in [4.69, 9.17) is 15.3 Å². The van der Waals surface area contributed by atoms with E-state index in [-0.39, 0.29) is 12.6 Å². The van der Waals surface area contributed by atoms with Crippen molar-refractivity contribution in [3.05, 3.63) is 0 Å². The lowest BCUT2D eigenvalue weighted by atomic mass is 10.0. The average Bonchev–Trinajstić information content (AvgIpc) is 2.13. The van der Waals surface area contributed by atoms with E-state index in [9.17, 15) is 0 Å². The summed E-state index contributed by atoms with van der Waals surface area (Å²) in [6, 6.07) is -0.0570. The van der Waals surface area contributed by atoms with Crippen LogP contribution in [0.4, 0.5) is 0 Å². The summed E-state index contributed by atoms with van der Waals surface area (Å²) in [5.41, 5.74) is 0. The van der Waals surface area contributed by atoms with Crippen LogP contribution >= 0.6 is 0 Å². The molecule has 3 unspecified atom stereocenters. The number of hydrogen-bond acceptors (Lipinski definition) is 4. The van der Waals surface area contributed by atoms with Gasteiger partial charge in [-0.05, 0) is 6.42 Å². The third kappa shape index (κ3) is 3.20. The minimum atomic E-state index is -0.682. The van der Waals surface area contributed by atoms with Crippen molar-refractivity contribution in [3.63, 3.8) is 0 Å². The molecular weight excluding hydrogens is 158 g/mol. The zero-order valence-electron chi connectivity index (χ0n) is 6.85. The van der Waals surface area contributed by atoms with Gasteiger partial charge in [-0.2, -0.15) is 0 Å². The van der Waals surface area contributed by atoms with Crippen molar-refractivity contribution in [3.8, 4) is 12.8 Å². The summed E-state index contributed by atoms with van der Waals surface area (Å²) in [5.74, 6) is 0. The molecule has 0 radical (unpaired) electrons. The van der Waals surface area contributed by atoms with Gasteiger partial charge in [-0.25, -0.2) is 0 Å². The molecular formula is C8H15NO3. The SMILES string of the molecule is C#C.OCC1CC(O)C(O)CN1. The lowest BCUT2D eigenvalue weighted by Crippen LogP contribution is -2.50. The molecule has 0 aromatic rings. The van der Waals surface area contributed by atoms with Gasteiger partial charge in [-0.15, -0.1) is 12.8 Å². The number of nitrogens with one attached hydrogen (secondary N) is 1. The van der Waals surface area contributed by atoms with Gasteiger partial charge in [0, 0.05) is 12.6 Å². The zero-order valence-corrected chi connectivity index (χ0v) is 6.85. The van der Waals surface area contributed by atoms with Crippen molar-refractivity contribution < 1.29 is 15.3 Å². The highest BCUT2D eigenvalue weighted by Crippen LogP contribution is 2.07. The molecule has 0 aliphatic carbocycles. The molecule has 0 saturated carbocycles. The number of hydrogen-bond donors (Lipinski definition) is 4. The molecule has 0 bridgehead atoms. The average molecular weight is 173 g/mol. The fourth-order valence-corrected chi connectivity index (χ4v) is 1.09. The Balaban J connectivity index is 0.000000561. The number of terminal acetylenes is 1. The maximum absolute atomic E-state index is 9.08. The Bertz CT molecular complexity index is 138. The Morgan fingerprint density at radius 3 is 2.25 bits per heavy atom. The molecule has 1 saturated heterocycles. The van der Waals surface area contributed by atoms with Gasteiger partial charge in [-0.1, -0.05) is 0 Å². The van der Waals surface area contributed by atoms with Crippen molar-refractivity contribution in [2.45, 2.75) is 24.7 Å². The van der Waals surface area contributed by atoms with Crippen molar-refractivity contribution in [2.24, 2.45) is 0 Å². The molecule has 1 aliphatic rings. The van der Waals surface area contributed by atoms with E-state index in [0.29, 0.717) is 13.0 Å². The lowest BCUT2D eigenvalue weighted by Gasteiger charge is -2.29. The molecule has 1 heterocycles. The third-order valence-corrected chi connectivity index (χ3v) is 1.81. The fourth-order valence-electron chi connectivity index (χ4n) is 1.09. The predicted octanol–water partition coefficient (Wildman–Crippen LogP) is -1.69. The first-order chi connectivity index (χ1) is 5.74. The molecule has 12 heavy (non-hydrogen) atoms. The van der Waals surface area contributed by atoms with Crippen LogP contribution in [0.1, 0.15) is 6.42 Å². The summed E-state index contributed by atoms with van der Waals surface area (Å²) in [6.45, 7) is 0.385. The number of aliphatic hydroxyl groups is 3. The summed E-state index contributed by atoms with van der Waals surface area (Å²) in [5, 5.41) is 29.6. The molecule has 0 aromatic carbocycles. The van der Waals surface area contributed by atoms with Crippen molar-refractivity contribution in [1.82, 2.24) is 5.32 Å². The third-order valence-electron chi connectivity index (χ3n) is 1.81. The lowest BCUT2D eigenvalue weighted by molar-refractivity contribution is -0.0185. The van der Waals surface area contributed by atoms with Crippen LogP contribution in [0, 0.1) is 12.8 Å². The molecule has 1 rings (SSSR count). The van der Waals surface area contributed by atoms with Gasteiger partial charge >= 0.3 is 0 Å². The van der Waals surface area contributed by atoms with Gasteiger partial charge in [0.2, 0.25) is 0 Å². The molecule has 0 amide bonds. The summed E-state index contributed by atoms with van der Waals surface area (Å²) in [6.07, 6.45) is 7.07. The van der Waals surface area contributed by atoms with Gasteiger partial charge < -0.3 is 20.6 Å². The van der Waals surface area contributed by atoms with Crippen LogP contribution in [0.2, 0.25) is 0 Å². The Morgan fingerprint density at radius 1 is 1.25 bits per heavy atom. The molecule has 1 aliphatic heterocycles. The van der Waals surface area contributed by atoms with E-state index in [1.54, 1.807) is 0 Å². The van der Waals surface area contributed by atoms with E-state index in [1.807, 2.05) is 0 Å². The van der Waals surface area contributed by atoms with Crippen LogP contribution in [0.5, 0.6) is 0 Å². The van der Waals surface area contributed by atoms with Crippen LogP contribution in [-0.4, -0.2) is 46.7 Å². The Labute approximate surface area is 72.2 Å². The highest BCUT2D eigenvalue weighted by Gasteiger charge is 2.25. The van der Waals surface area contributed by atoms with E-state index < -0.39 is 12.2 Å². The smallest absolute Gasteiger partial charge is 0.0923 e. The van der Waals surface area contributed by atoms with E-state index >= 15 is 0 Å². The first kappa shape index (κ1) is 11.4. The molecule has 4 N–H and O–H groups in total. The van der Waals surface area contributed by atoms with Crippen LogP contribution in [0.15, 0.2) is 0 Å². The van der Waals surface area contributed by atoms with Gasteiger partial charge in [0.15, 0.2) is 0 Å². The number of aliphatic hydroxyl groups excluding tert-OH is 3. The summed E-state index contributed by atoms with van der Waals surface area (Å²) in [4.78, 5) is 0. The first-order valence-electron chi connectivity index (χ1n) is 3.77. The molecule has 3 atom stereocenters. The normalized spacial score (nSPS) is 34.9. The molecule has 70 valence electrons. The standard InChI is InChI=1S/C6H13NO3.C2H2/c8-3-4-1-5(9)6(10)2-7-4;1-2/h4-10H,1-3H2;1-2H. The fraction of sp³-hybridized carbons (Fsp3) is 0.750. The monoisotopic (exact) mass is 173 g/mol. The van der Waals surface area contributed by atoms with Gasteiger partial charge in [0.05, 0.1) is 18.8 Å². The van der Waals surface area contributed by atoms with Crippen LogP contribution < -0.4 is 5.32 Å². The second-order valence-electron chi connectivity index (χ2n) is 2.66. The molecule has 4 nitrogen and oxygen atoms in total. The van der Waals surface area contributed by atoms with Crippen LogP contribution in [0.3, 0.4) is 0 Å². The Kier molecular flexibility index (Phi) is 5.68. The van der Waals surface area contributed by atoms with E-state index in [0.717, 1.165) is 0 Å². The highest BCUT2D eigenvalue weighted by molar-refractivity contribution is 4.83. The van der Waals surface area contributed by atoms with Gasteiger partial charge in [0.25, 0.3) is 0 Å². The van der Waals surface area contributed by atoms with Gasteiger partial charge in [0.1, 0.15) is 0 Å². The zero-order chi connectivity index (χ0) is 9.56. The minimum Gasteiger partial charge on any atom is -0.395 e. The summed E-state index contributed by atoms with van der Waals surface area (Å²) in [7, 11) is 0. The highest BCUT2D eigenvalue weighted by atomic mass is 16.3. The largest absolute Gasteiger partial charge is 0.395 e. The molecule has 1 fully saturated rings. The maximum Gasteiger partial charge on any atom is 0.0923 e. The van der Waals surface area contributed by atoms with Crippen molar-refractivity contribution >= 4 is 0 Å². The summed E-state index contributed by atoms with van der Waals surface area (Å²) < 4.78 is 0. The van der Waals surface area contributed by atoms with E-state index in [2.05, 4.69) is 18.2 Å². The number of β-amino-alcohol motifs (C(OH)–C–C–N with tert-alkyl or cyclic N) is 1. The molecule has 4 heteroatoms. The Morgan fingerprint density at radius 2 is 1.83 bits per heavy atom. The minimum absolute atomic E-state index is 0.0176. The maximum atomic E-state index is 9.08. The molecule has 0 aromatic heterocycles. The van der Waals surface area contributed by atoms with E-state index in [1.165, 1.54) is 0 Å². The Hall–Kier alpha value is -0.600. The quantitative estimate of drug-likeness (QED) is 0.357. The summed E-state index contributed by atoms with van der Waals surface area (Å²) >= 11 is 0. The van der Waals surface area contributed by atoms with Crippen LogP contribution in [-0.2, 0) is 0 Å². The second-order valence-corrected chi connectivity index (χ2v) is 2.66. The number of piperidine rings is 1. The number of rotatable bonds is 1. The van der Waals surface area contributed by atoms with Crippen LogP contribution in [0.25, 0.3) is 0 Å². The topological polar surface area (TPSA) is 72.7 Å². The predicted molar refractivity (Wildman–Crippen MR) is 45.4 cm³/mol. The second kappa shape index (κ2) is 5.98.